The lowest BCUT2D eigenvalue weighted by molar-refractivity contribution is -0.157. The Hall–Kier alpha value is -0.680. The van der Waals surface area contributed by atoms with Crippen molar-refractivity contribution in [1.82, 2.24) is 10.4 Å². The van der Waals surface area contributed by atoms with E-state index in [1.54, 1.807) is 7.05 Å². The Labute approximate surface area is 69.3 Å². The molecule has 0 aromatic carbocycles. The molecule has 4 nitrogen and oxygen atoms in total. The lowest BCUT2D eigenvalue weighted by atomic mass is 9.71. The number of halogens is 1. The van der Waals surface area contributed by atoms with Gasteiger partial charge in [-0.1, -0.05) is 0 Å². The summed E-state index contributed by atoms with van der Waals surface area (Å²) in [6.45, 7) is 0.190. The number of alkyl halides is 1. The van der Waals surface area contributed by atoms with Crippen molar-refractivity contribution in [3.63, 3.8) is 0 Å². The minimum Gasteiger partial charge on any atom is -0.480 e. The van der Waals surface area contributed by atoms with Crippen LogP contribution in [0.5, 0.6) is 0 Å². The van der Waals surface area contributed by atoms with Crippen LogP contribution in [0.15, 0.2) is 0 Å². The van der Waals surface area contributed by atoms with Crippen LogP contribution in [-0.2, 0) is 4.79 Å². The summed E-state index contributed by atoms with van der Waals surface area (Å²) in [6.07, 6.45) is 0.242. The van der Waals surface area contributed by atoms with Crippen LogP contribution in [-0.4, -0.2) is 40.9 Å². The van der Waals surface area contributed by atoms with Crippen molar-refractivity contribution >= 4 is 5.97 Å². The highest BCUT2D eigenvalue weighted by Gasteiger charge is 2.70. The second kappa shape index (κ2) is 1.97. The lowest BCUT2D eigenvalue weighted by Gasteiger charge is -2.39. The Morgan fingerprint density at radius 3 is 2.58 bits per heavy atom. The molecule has 0 radical (unpaired) electrons. The number of carboxylic acids is 1. The third-order valence-corrected chi connectivity index (χ3v) is 2.84. The quantitative estimate of drug-likeness (QED) is 0.606. The number of nitrogens with one attached hydrogen (secondary N) is 1. The Kier molecular flexibility index (Phi) is 1.31. The highest BCUT2D eigenvalue weighted by atomic mass is 19.1. The van der Waals surface area contributed by atoms with Gasteiger partial charge in [0.25, 0.3) is 0 Å². The molecule has 0 atom stereocenters. The van der Waals surface area contributed by atoms with E-state index in [1.165, 1.54) is 5.01 Å². The van der Waals surface area contributed by atoms with Crippen LogP contribution in [0, 0.1) is 0 Å². The standard InChI is InChI=1S/C7H11FN2O2/c1-9-10-4-6(8)2-7(10,3-6)5(11)12/h9H,2-4H2,1H3,(H,11,12). The first-order valence-corrected chi connectivity index (χ1v) is 3.90. The van der Waals surface area contributed by atoms with Crippen molar-refractivity contribution in [1.29, 1.82) is 0 Å². The first-order chi connectivity index (χ1) is 5.52. The van der Waals surface area contributed by atoms with E-state index in [0.717, 1.165) is 0 Å². The molecule has 3 aliphatic rings. The SMILES string of the molecule is CNN1CC2(F)CC1(C(=O)O)C2. The zero-order valence-corrected chi connectivity index (χ0v) is 6.80. The summed E-state index contributed by atoms with van der Waals surface area (Å²) >= 11 is 0. The van der Waals surface area contributed by atoms with Crippen molar-refractivity contribution in [2.45, 2.75) is 24.0 Å². The van der Waals surface area contributed by atoms with E-state index in [4.69, 9.17) is 5.11 Å². The summed E-state index contributed by atoms with van der Waals surface area (Å²) in [6, 6.07) is 0. The summed E-state index contributed by atoms with van der Waals surface area (Å²) in [5.41, 5.74) is 0.484. The van der Waals surface area contributed by atoms with Crippen molar-refractivity contribution in [3.8, 4) is 0 Å². The molecule has 0 amide bonds. The number of carboxylic acid groups (broad SMARTS) is 1. The summed E-state index contributed by atoms with van der Waals surface area (Å²) in [7, 11) is 1.62. The number of fused-ring (bicyclic) bond motifs is 1. The van der Waals surface area contributed by atoms with Gasteiger partial charge in [0.15, 0.2) is 0 Å². The normalized spacial score (nSPS) is 45.8. The number of hydrogen-bond donors (Lipinski definition) is 2. The molecule has 2 aliphatic heterocycles. The summed E-state index contributed by atoms with van der Waals surface area (Å²) in [4.78, 5) is 10.8. The van der Waals surface area contributed by atoms with E-state index in [0.29, 0.717) is 0 Å². The zero-order chi connectivity index (χ0) is 8.98. The van der Waals surface area contributed by atoms with Crippen LogP contribution in [0.4, 0.5) is 4.39 Å². The number of hydrogen-bond acceptors (Lipinski definition) is 3. The Bertz CT molecular complexity index is 238. The maximum absolute atomic E-state index is 13.4. The first kappa shape index (κ1) is 7.94. The van der Waals surface area contributed by atoms with E-state index >= 15 is 0 Å². The molecule has 3 rings (SSSR count). The van der Waals surface area contributed by atoms with Gasteiger partial charge < -0.3 is 5.11 Å². The van der Waals surface area contributed by atoms with Crippen LogP contribution >= 0.6 is 0 Å². The smallest absolute Gasteiger partial charge is 0.325 e. The number of aliphatic carboxylic acids is 1. The summed E-state index contributed by atoms with van der Waals surface area (Å²) in [5.74, 6) is -0.928. The molecule has 3 fully saturated rings. The van der Waals surface area contributed by atoms with Gasteiger partial charge in [0.1, 0.15) is 11.2 Å². The molecule has 5 heteroatoms. The minimum atomic E-state index is -1.26. The molecule has 68 valence electrons. The van der Waals surface area contributed by atoms with Gasteiger partial charge in [-0.05, 0) is 7.05 Å². The van der Waals surface area contributed by atoms with Crippen LogP contribution in [0.1, 0.15) is 12.8 Å². The number of carbonyl (C=O) groups is 1. The topological polar surface area (TPSA) is 52.6 Å². The fourth-order valence-electron chi connectivity index (χ4n) is 2.29. The molecule has 2 bridgehead atoms. The lowest BCUT2D eigenvalue weighted by Crippen LogP contribution is -2.58. The third kappa shape index (κ3) is 0.702. The molecule has 12 heavy (non-hydrogen) atoms. The van der Waals surface area contributed by atoms with E-state index in [-0.39, 0.29) is 19.4 Å². The second-order valence-electron chi connectivity index (χ2n) is 3.65. The molecular weight excluding hydrogens is 163 g/mol. The molecule has 0 aromatic heterocycles. The van der Waals surface area contributed by atoms with Gasteiger partial charge in [0.05, 0.1) is 0 Å². The maximum atomic E-state index is 13.4. The molecule has 1 saturated carbocycles. The number of nitrogens with zero attached hydrogens (tertiary/aromatic N) is 1. The van der Waals surface area contributed by atoms with Gasteiger partial charge in [-0.2, -0.15) is 0 Å². The van der Waals surface area contributed by atoms with Gasteiger partial charge in [-0.15, -0.1) is 0 Å². The monoisotopic (exact) mass is 174 g/mol. The van der Waals surface area contributed by atoms with Gasteiger partial charge >= 0.3 is 5.97 Å². The zero-order valence-electron chi connectivity index (χ0n) is 6.80. The van der Waals surface area contributed by atoms with Crippen LogP contribution in [0.3, 0.4) is 0 Å². The molecule has 2 heterocycles. The Morgan fingerprint density at radius 1 is 1.67 bits per heavy atom. The van der Waals surface area contributed by atoms with Gasteiger partial charge in [0.2, 0.25) is 0 Å². The molecule has 0 spiro atoms. The van der Waals surface area contributed by atoms with Gasteiger partial charge in [0, 0.05) is 19.4 Å². The van der Waals surface area contributed by atoms with Crippen molar-refractivity contribution in [3.05, 3.63) is 0 Å². The second-order valence-corrected chi connectivity index (χ2v) is 3.65. The highest BCUT2D eigenvalue weighted by molar-refractivity contribution is 5.82. The van der Waals surface area contributed by atoms with Gasteiger partial charge in [-0.3, -0.25) is 10.2 Å². The van der Waals surface area contributed by atoms with E-state index in [9.17, 15) is 9.18 Å². The van der Waals surface area contributed by atoms with Gasteiger partial charge in [-0.25, -0.2) is 9.40 Å². The minimum absolute atomic E-state index is 0.121. The van der Waals surface area contributed by atoms with Crippen molar-refractivity contribution < 1.29 is 14.3 Å². The van der Waals surface area contributed by atoms with Crippen molar-refractivity contribution in [2.75, 3.05) is 13.6 Å². The largest absolute Gasteiger partial charge is 0.480 e. The molecular formula is C7H11FN2O2. The van der Waals surface area contributed by atoms with E-state index < -0.39 is 17.2 Å². The Balaban J connectivity index is 2.25. The average molecular weight is 174 g/mol. The van der Waals surface area contributed by atoms with E-state index in [2.05, 4.69) is 5.43 Å². The molecule has 2 N–H and O–H groups in total. The van der Waals surface area contributed by atoms with Crippen LogP contribution < -0.4 is 5.43 Å². The fourth-order valence-corrected chi connectivity index (χ4v) is 2.29. The Morgan fingerprint density at radius 2 is 2.25 bits per heavy atom. The molecule has 2 saturated heterocycles. The predicted octanol–water partition coefficient (Wildman–Crippen LogP) is -0.238. The number of rotatable bonds is 2. The predicted molar refractivity (Wildman–Crippen MR) is 39.2 cm³/mol. The summed E-state index contributed by atoms with van der Waals surface area (Å²) < 4.78 is 13.4. The first-order valence-electron chi connectivity index (χ1n) is 3.90. The molecule has 1 aliphatic carbocycles. The fraction of sp³-hybridized carbons (Fsp3) is 0.857. The molecule has 0 unspecified atom stereocenters. The number of hydrazine groups is 1. The summed E-state index contributed by atoms with van der Waals surface area (Å²) in [5, 5.41) is 10.4. The highest BCUT2D eigenvalue weighted by Crippen LogP contribution is 2.54. The van der Waals surface area contributed by atoms with Crippen LogP contribution in [0.2, 0.25) is 0 Å². The van der Waals surface area contributed by atoms with Crippen molar-refractivity contribution in [2.24, 2.45) is 0 Å². The van der Waals surface area contributed by atoms with Crippen LogP contribution in [0.25, 0.3) is 0 Å². The average Bonchev–Trinajstić information content (AvgIpc) is 2.36. The maximum Gasteiger partial charge on any atom is 0.325 e. The molecule has 0 aromatic rings. The van der Waals surface area contributed by atoms with E-state index in [1.807, 2.05) is 0 Å². The third-order valence-electron chi connectivity index (χ3n) is 2.84.